The Labute approximate surface area is 186 Å². The molecule has 1 fully saturated rings. The van der Waals surface area contributed by atoms with Gasteiger partial charge < -0.3 is 14.4 Å². The van der Waals surface area contributed by atoms with Crippen LogP contribution in [0.15, 0.2) is 42.5 Å². The Morgan fingerprint density at radius 1 is 1.13 bits per heavy atom. The Balaban J connectivity index is 1.24. The second-order valence-electron chi connectivity index (χ2n) is 7.16. The van der Waals surface area contributed by atoms with Crippen LogP contribution in [-0.2, 0) is 0 Å². The Kier molecular flexibility index (Phi) is 5.26. The molecule has 154 valence electrons. The summed E-state index contributed by atoms with van der Waals surface area (Å²) in [7, 11) is 1.65. The van der Waals surface area contributed by atoms with E-state index in [1.54, 1.807) is 7.11 Å². The molecule has 0 spiro atoms. The van der Waals surface area contributed by atoms with Crippen LogP contribution < -0.4 is 9.47 Å². The van der Waals surface area contributed by atoms with E-state index in [0.29, 0.717) is 28.2 Å². The van der Waals surface area contributed by atoms with Crippen molar-refractivity contribution in [3.63, 3.8) is 0 Å². The van der Waals surface area contributed by atoms with Crippen LogP contribution >= 0.6 is 34.3 Å². The highest BCUT2D eigenvalue weighted by molar-refractivity contribution is 7.21. The molecule has 0 saturated carbocycles. The van der Waals surface area contributed by atoms with Crippen LogP contribution in [0, 0.1) is 0 Å². The van der Waals surface area contributed by atoms with Crippen LogP contribution in [0.5, 0.6) is 10.9 Å². The van der Waals surface area contributed by atoms with Gasteiger partial charge in [-0.1, -0.05) is 41.1 Å². The number of hydrogen-bond acceptors (Lipinski definition) is 6. The smallest absolute Gasteiger partial charge is 0.274 e. The second kappa shape index (κ2) is 8.06. The van der Waals surface area contributed by atoms with Gasteiger partial charge in [0.25, 0.3) is 11.1 Å². The molecule has 0 N–H and O–H groups in total. The lowest BCUT2D eigenvalue weighted by Gasteiger charge is -2.31. The first-order chi connectivity index (χ1) is 14.6. The minimum absolute atomic E-state index is 0.00623. The molecule has 1 aliphatic rings. The van der Waals surface area contributed by atoms with Crippen LogP contribution in [0.1, 0.15) is 22.5 Å². The van der Waals surface area contributed by atoms with Gasteiger partial charge in [-0.25, -0.2) is 4.98 Å². The van der Waals surface area contributed by atoms with E-state index in [0.717, 1.165) is 38.9 Å². The summed E-state index contributed by atoms with van der Waals surface area (Å²) in [6.07, 6.45) is 1.59. The lowest BCUT2D eigenvalue weighted by atomic mass is 10.1. The summed E-state index contributed by atoms with van der Waals surface area (Å²) in [5.41, 5.74) is 0.905. The average molecular weight is 459 g/mol. The van der Waals surface area contributed by atoms with Crippen molar-refractivity contribution in [3.8, 4) is 10.9 Å². The lowest BCUT2D eigenvalue weighted by molar-refractivity contribution is 0.0600. The highest BCUT2D eigenvalue weighted by Gasteiger charge is 2.28. The number of thiophene rings is 1. The number of aromatic nitrogens is 1. The van der Waals surface area contributed by atoms with E-state index < -0.39 is 0 Å². The lowest BCUT2D eigenvalue weighted by Crippen LogP contribution is -2.41. The number of benzene rings is 2. The quantitative estimate of drug-likeness (QED) is 0.384. The van der Waals surface area contributed by atoms with Crippen LogP contribution in [-0.4, -0.2) is 42.1 Å². The van der Waals surface area contributed by atoms with E-state index in [2.05, 4.69) is 4.98 Å². The van der Waals surface area contributed by atoms with Gasteiger partial charge >= 0.3 is 0 Å². The zero-order chi connectivity index (χ0) is 20.7. The van der Waals surface area contributed by atoms with Crippen molar-refractivity contribution in [2.45, 2.75) is 18.9 Å². The third-order valence-electron chi connectivity index (χ3n) is 5.30. The summed E-state index contributed by atoms with van der Waals surface area (Å²) >= 11 is 9.47. The molecule has 1 saturated heterocycles. The molecule has 0 bridgehead atoms. The maximum absolute atomic E-state index is 13.0. The number of rotatable bonds is 4. The third kappa shape index (κ3) is 3.62. The molecule has 0 atom stereocenters. The number of halogens is 1. The molecule has 0 unspecified atom stereocenters. The second-order valence-corrected chi connectivity index (χ2v) is 9.59. The highest BCUT2D eigenvalue weighted by atomic mass is 35.5. The predicted octanol–water partition coefficient (Wildman–Crippen LogP) is 5.86. The monoisotopic (exact) mass is 458 g/mol. The third-order valence-corrected chi connectivity index (χ3v) is 7.87. The molecule has 0 aliphatic carbocycles. The summed E-state index contributed by atoms with van der Waals surface area (Å²) in [5.74, 6) is 0.816. The van der Waals surface area contributed by atoms with Crippen LogP contribution in [0.25, 0.3) is 20.3 Å². The molecule has 1 aliphatic heterocycles. The van der Waals surface area contributed by atoms with Crippen molar-refractivity contribution < 1.29 is 14.3 Å². The van der Waals surface area contributed by atoms with Crippen molar-refractivity contribution in [2.75, 3.05) is 20.2 Å². The molecule has 3 heterocycles. The van der Waals surface area contributed by atoms with Gasteiger partial charge in [-0.2, -0.15) is 0 Å². The number of thiazole rings is 1. The molecule has 5 nitrogen and oxygen atoms in total. The number of carbonyl (C=O) groups is 1. The molecule has 5 rings (SSSR count). The van der Waals surface area contributed by atoms with Crippen LogP contribution in [0.4, 0.5) is 0 Å². The van der Waals surface area contributed by atoms with E-state index >= 15 is 0 Å². The number of piperidine rings is 1. The van der Waals surface area contributed by atoms with Crippen LogP contribution in [0.3, 0.4) is 0 Å². The summed E-state index contributed by atoms with van der Waals surface area (Å²) in [6.45, 7) is 1.29. The average Bonchev–Trinajstić information content (AvgIpc) is 3.33. The van der Waals surface area contributed by atoms with Gasteiger partial charge in [0.15, 0.2) is 0 Å². The number of likely N-dealkylation sites (tertiary alicyclic amines) is 1. The summed E-state index contributed by atoms with van der Waals surface area (Å²) in [6, 6.07) is 13.7. The normalized spacial score (nSPS) is 15.1. The molecular weight excluding hydrogens is 440 g/mol. The zero-order valence-electron chi connectivity index (χ0n) is 16.3. The maximum Gasteiger partial charge on any atom is 0.274 e. The van der Waals surface area contributed by atoms with Gasteiger partial charge in [0, 0.05) is 36.0 Å². The summed E-state index contributed by atoms with van der Waals surface area (Å²) in [4.78, 5) is 20.1. The Hall–Kier alpha value is -2.35. The summed E-state index contributed by atoms with van der Waals surface area (Å²) < 4.78 is 13.5. The fraction of sp³-hybridized carbons (Fsp3) is 0.273. The first-order valence-electron chi connectivity index (χ1n) is 9.70. The number of amides is 1. The van der Waals surface area contributed by atoms with Gasteiger partial charge in [0.1, 0.15) is 16.7 Å². The zero-order valence-corrected chi connectivity index (χ0v) is 18.6. The van der Waals surface area contributed by atoms with Gasteiger partial charge in [-0.05, 0) is 24.3 Å². The van der Waals surface area contributed by atoms with Crippen molar-refractivity contribution in [1.82, 2.24) is 9.88 Å². The number of carbonyl (C=O) groups excluding carboxylic acids is 1. The molecule has 4 aromatic rings. The fourth-order valence-electron chi connectivity index (χ4n) is 3.68. The predicted molar refractivity (Wildman–Crippen MR) is 123 cm³/mol. The molecule has 2 aromatic heterocycles. The van der Waals surface area contributed by atoms with E-state index in [1.165, 1.54) is 22.7 Å². The van der Waals surface area contributed by atoms with Crippen molar-refractivity contribution in [1.29, 1.82) is 0 Å². The van der Waals surface area contributed by atoms with Crippen molar-refractivity contribution in [2.24, 2.45) is 0 Å². The first kappa shape index (κ1) is 19.6. The number of ether oxygens (including phenoxy) is 2. The van der Waals surface area contributed by atoms with Gasteiger partial charge in [-0.15, -0.1) is 11.3 Å². The molecular formula is C22H19ClN2O3S2. The molecule has 1 amide bonds. The molecule has 8 heteroatoms. The Morgan fingerprint density at radius 3 is 2.70 bits per heavy atom. The van der Waals surface area contributed by atoms with E-state index in [9.17, 15) is 4.79 Å². The topological polar surface area (TPSA) is 51.7 Å². The molecule has 2 aromatic carbocycles. The molecule has 30 heavy (non-hydrogen) atoms. The number of nitrogens with zero attached hydrogens (tertiary/aromatic N) is 2. The molecule has 0 radical (unpaired) electrons. The van der Waals surface area contributed by atoms with Crippen molar-refractivity contribution in [3.05, 3.63) is 52.4 Å². The Bertz CT molecular complexity index is 1230. The number of methoxy groups -OCH3 is 1. The summed E-state index contributed by atoms with van der Waals surface area (Å²) in [5, 5.41) is 2.16. The SMILES string of the molecule is COc1ccc2nc(OC3CCN(C(=O)c4sc5ccccc5c4Cl)CC3)sc2c1. The van der Waals surface area contributed by atoms with Crippen molar-refractivity contribution >= 4 is 60.5 Å². The van der Waals surface area contributed by atoms with Gasteiger partial charge in [0.05, 0.1) is 22.3 Å². The van der Waals surface area contributed by atoms with E-state index in [-0.39, 0.29) is 12.0 Å². The van der Waals surface area contributed by atoms with Gasteiger partial charge in [-0.3, -0.25) is 4.79 Å². The maximum atomic E-state index is 13.0. The highest BCUT2D eigenvalue weighted by Crippen LogP contribution is 2.37. The largest absolute Gasteiger partial charge is 0.497 e. The minimum Gasteiger partial charge on any atom is -0.497 e. The van der Waals surface area contributed by atoms with Crippen LogP contribution in [0.2, 0.25) is 5.02 Å². The Morgan fingerprint density at radius 2 is 1.93 bits per heavy atom. The number of fused-ring (bicyclic) bond motifs is 2. The van der Waals surface area contributed by atoms with E-state index in [4.69, 9.17) is 21.1 Å². The first-order valence-corrected chi connectivity index (χ1v) is 11.7. The van der Waals surface area contributed by atoms with E-state index in [1.807, 2.05) is 47.4 Å². The van der Waals surface area contributed by atoms with Gasteiger partial charge in [0.2, 0.25) is 0 Å². The minimum atomic E-state index is 0.00623. The number of hydrogen-bond donors (Lipinski definition) is 0. The fourth-order valence-corrected chi connectivity index (χ4v) is 6.07. The standard InChI is InChI=1S/C22H19ClN2O3S2/c1-27-14-6-7-16-18(12-14)30-22(24-16)28-13-8-10-25(11-9-13)21(26)20-19(23)15-4-2-3-5-17(15)29-20/h2-7,12-13H,8-11H2,1H3.